The lowest BCUT2D eigenvalue weighted by Gasteiger charge is -2.20. The molecule has 5 nitrogen and oxygen atoms in total. The number of para-hydroxylation sites is 1. The van der Waals surface area contributed by atoms with Crippen LogP contribution in [0.3, 0.4) is 0 Å². The van der Waals surface area contributed by atoms with Crippen LogP contribution in [-0.2, 0) is 0 Å². The molecule has 0 amide bonds. The van der Waals surface area contributed by atoms with Gasteiger partial charge in [-0.05, 0) is 48.9 Å². The van der Waals surface area contributed by atoms with E-state index in [0.29, 0.717) is 22.4 Å². The van der Waals surface area contributed by atoms with Crippen LogP contribution in [-0.4, -0.2) is 9.55 Å². The van der Waals surface area contributed by atoms with Crippen molar-refractivity contribution in [2.24, 2.45) is 0 Å². The third-order valence-electron chi connectivity index (χ3n) is 5.42. The molecule has 0 spiro atoms. The van der Waals surface area contributed by atoms with Gasteiger partial charge in [-0.2, -0.15) is 4.98 Å². The lowest BCUT2D eigenvalue weighted by atomic mass is 10.1. The number of nitrogens with zero attached hydrogens (tertiary/aromatic N) is 2. The first kappa shape index (κ1) is 18.9. The van der Waals surface area contributed by atoms with Gasteiger partial charge in [-0.15, -0.1) is 0 Å². The SMILES string of the molecule is CC(c1ccccc1)n1c(-c2ccc(F)cc2)nc2oc3ccccc3c(=O)c2c1=O. The molecule has 31 heavy (non-hydrogen) atoms. The average Bonchev–Trinajstić information content (AvgIpc) is 2.79. The molecule has 0 saturated heterocycles. The number of fused-ring (bicyclic) bond motifs is 2. The number of benzene rings is 3. The fraction of sp³-hybridized carbons (Fsp3) is 0.0800. The maximum Gasteiger partial charge on any atom is 0.269 e. The van der Waals surface area contributed by atoms with E-state index in [1.165, 1.54) is 16.7 Å². The van der Waals surface area contributed by atoms with Gasteiger partial charge in [0.2, 0.25) is 11.1 Å². The lowest BCUT2D eigenvalue weighted by Crippen LogP contribution is -2.30. The summed E-state index contributed by atoms with van der Waals surface area (Å²) in [7, 11) is 0. The van der Waals surface area contributed by atoms with E-state index in [-0.39, 0.29) is 11.1 Å². The van der Waals surface area contributed by atoms with Crippen LogP contribution in [0.1, 0.15) is 18.5 Å². The highest BCUT2D eigenvalue weighted by atomic mass is 19.1. The number of halogens is 1. The monoisotopic (exact) mass is 412 g/mol. The van der Waals surface area contributed by atoms with E-state index < -0.39 is 22.8 Å². The quantitative estimate of drug-likeness (QED) is 0.395. The second-order valence-corrected chi connectivity index (χ2v) is 7.31. The minimum Gasteiger partial charge on any atom is -0.437 e. The van der Waals surface area contributed by atoms with Crippen molar-refractivity contribution in [3.63, 3.8) is 0 Å². The Labute approximate surface area is 176 Å². The van der Waals surface area contributed by atoms with E-state index in [2.05, 4.69) is 4.98 Å². The molecule has 6 heteroatoms. The van der Waals surface area contributed by atoms with Crippen molar-refractivity contribution in [3.8, 4) is 11.4 Å². The Hall–Kier alpha value is -4.06. The Kier molecular flexibility index (Phi) is 4.47. The van der Waals surface area contributed by atoms with Crippen molar-refractivity contribution in [1.82, 2.24) is 9.55 Å². The molecule has 3 aromatic carbocycles. The molecule has 0 aliphatic rings. The van der Waals surface area contributed by atoms with Crippen molar-refractivity contribution in [1.29, 1.82) is 0 Å². The molecule has 5 aromatic rings. The first-order chi connectivity index (χ1) is 15.0. The van der Waals surface area contributed by atoms with Crippen molar-refractivity contribution in [3.05, 3.63) is 111 Å². The third kappa shape index (κ3) is 3.13. The Morgan fingerprint density at radius 2 is 1.58 bits per heavy atom. The summed E-state index contributed by atoms with van der Waals surface area (Å²) >= 11 is 0. The molecule has 0 saturated carbocycles. The average molecular weight is 412 g/mol. The van der Waals surface area contributed by atoms with Crippen molar-refractivity contribution < 1.29 is 8.81 Å². The summed E-state index contributed by atoms with van der Waals surface area (Å²) in [6.45, 7) is 1.86. The maximum atomic E-state index is 13.7. The molecule has 0 N–H and O–H groups in total. The summed E-state index contributed by atoms with van der Waals surface area (Å²) in [6, 6.07) is 21.5. The van der Waals surface area contributed by atoms with Crippen molar-refractivity contribution >= 4 is 22.1 Å². The van der Waals surface area contributed by atoms with E-state index in [9.17, 15) is 14.0 Å². The zero-order valence-electron chi connectivity index (χ0n) is 16.6. The van der Waals surface area contributed by atoms with E-state index in [0.717, 1.165) is 5.56 Å². The van der Waals surface area contributed by atoms with Crippen LogP contribution in [0.2, 0.25) is 0 Å². The fourth-order valence-corrected chi connectivity index (χ4v) is 3.81. The molecule has 0 fully saturated rings. The first-order valence-corrected chi connectivity index (χ1v) is 9.83. The van der Waals surface area contributed by atoms with Crippen LogP contribution in [0.25, 0.3) is 33.5 Å². The van der Waals surface area contributed by atoms with E-state index in [1.807, 2.05) is 37.3 Å². The Morgan fingerprint density at radius 3 is 2.32 bits per heavy atom. The zero-order chi connectivity index (χ0) is 21.5. The minimum absolute atomic E-state index is 0.0375. The van der Waals surface area contributed by atoms with Gasteiger partial charge in [0.25, 0.3) is 5.56 Å². The summed E-state index contributed by atoms with van der Waals surface area (Å²) in [4.78, 5) is 31.4. The van der Waals surface area contributed by atoms with Crippen LogP contribution in [0.15, 0.2) is 92.9 Å². The van der Waals surface area contributed by atoms with Crippen LogP contribution < -0.4 is 11.0 Å². The summed E-state index contributed by atoms with van der Waals surface area (Å²) < 4.78 is 20.8. The Balaban J connectivity index is 1.91. The normalized spacial score (nSPS) is 12.3. The summed E-state index contributed by atoms with van der Waals surface area (Å²) in [6.07, 6.45) is 0. The highest BCUT2D eigenvalue weighted by Gasteiger charge is 2.22. The molecule has 152 valence electrons. The molecule has 0 aliphatic heterocycles. The van der Waals surface area contributed by atoms with Crippen LogP contribution >= 0.6 is 0 Å². The highest BCUT2D eigenvalue weighted by Crippen LogP contribution is 2.26. The van der Waals surface area contributed by atoms with Gasteiger partial charge < -0.3 is 4.42 Å². The molecule has 1 atom stereocenters. The predicted octanol–water partition coefficient (Wildman–Crippen LogP) is 4.92. The zero-order valence-corrected chi connectivity index (χ0v) is 16.6. The summed E-state index contributed by atoms with van der Waals surface area (Å²) in [5.41, 5.74) is 0.808. The van der Waals surface area contributed by atoms with E-state index in [4.69, 9.17) is 4.42 Å². The standard InChI is InChI=1S/C25H17FN2O3/c1-15(16-7-3-2-4-8-16)28-23(17-11-13-18(26)14-12-17)27-24-21(25(28)30)22(29)19-9-5-6-10-20(19)31-24/h2-15H,1H3. The third-order valence-corrected chi connectivity index (χ3v) is 5.42. The molecule has 0 aliphatic carbocycles. The van der Waals surface area contributed by atoms with E-state index >= 15 is 0 Å². The first-order valence-electron chi connectivity index (χ1n) is 9.83. The lowest BCUT2D eigenvalue weighted by molar-refractivity contribution is 0.597. The van der Waals surface area contributed by atoms with E-state index in [1.54, 1.807) is 36.4 Å². The largest absolute Gasteiger partial charge is 0.437 e. The summed E-state index contributed by atoms with van der Waals surface area (Å²) in [5, 5.41) is 0.217. The van der Waals surface area contributed by atoms with Crippen molar-refractivity contribution in [2.75, 3.05) is 0 Å². The van der Waals surface area contributed by atoms with Crippen LogP contribution in [0, 0.1) is 5.82 Å². The molecule has 5 rings (SSSR count). The van der Waals surface area contributed by atoms with Gasteiger partial charge in [0.05, 0.1) is 11.4 Å². The van der Waals surface area contributed by atoms with Crippen LogP contribution in [0.5, 0.6) is 0 Å². The molecule has 2 aromatic heterocycles. The molecular weight excluding hydrogens is 395 g/mol. The van der Waals surface area contributed by atoms with Crippen LogP contribution in [0.4, 0.5) is 4.39 Å². The fourth-order valence-electron chi connectivity index (χ4n) is 3.81. The second-order valence-electron chi connectivity index (χ2n) is 7.31. The van der Waals surface area contributed by atoms with Gasteiger partial charge in [-0.3, -0.25) is 14.2 Å². The smallest absolute Gasteiger partial charge is 0.269 e. The number of rotatable bonds is 3. The number of hydrogen-bond acceptors (Lipinski definition) is 4. The van der Waals surface area contributed by atoms with Crippen molar-refractivity contribution in [2.45, 2.75) is 13.0 Å². The molecular formula is C25H17FN2O3. The topological polar surface area (TPSA) is 65.1 Å². The second kappa shape index (κ2) is 7.32. The molecule has 2 heterocycles. The number of hydrogen-bond donors (Lipinski definition) is 0. The van der Waals surface area contributed by atoms with Gasteiger partial charge in [0, 0.05) is 5.56 Å². The molecule has 0 bridgehead atoms. The van der Waals surface area contributed by atoms with Gasteiger partial charge in [0.15, 0.2) is 5.39 Å². The molecule has 0 radical (unpaired) electrons. The highest BCUT2D eigenvalue weighted by molar-refractivity contribution is 5.88. The number of aromatic nitrogens is 2. The summed E-state index contributed by atoms with van der Waals surface area (Å²) in [5.74, 6) is -0.0978. The maximum absolute atomic E-state index is 13.7. The molecule has 1 unspecified atom stereocenters. The van der Waals surface area contributed by atoms with Gasteiger partial charge in [0.1, 0.15) is 17.2 Å². The Bertz CT molecular complexity index is 1540. The predicted molar refractivity (Wildman–Crippen MR) is 118 cm³/mol. The van der Waals surface area contributed by atoms with Gasteiger partial charge in [-0.1, -0.05) is 42.5 Å². The van der Waals surface area contributed by atoms with Gasteiger partial charge in [-0.25, -0.2) is 4.39 Å². The minimum atomic E-state index is -0.500. The van der Waals surface area contributed by atoms with Gasteiger partial charge >= 0.3 is 0 Å². The Morgan fingerprint density at radius 1 is 0.903 bits per heavy atom.